The van der Waals surface area contributed by atoms with E-state index in [0.717, 1.165) is 0 Å². The number of hydrogen-bond acceptors (Lipinski definition) is 4. The molecular weight excluding hydrogens is 164 g/mol. The number of hydrogen-bond donors (Lipinski definition) is 0. The largest absolute Gasteiger partial charge is 0.363 e. The van der Waals surface area contributed by atoms with Gasteiger partial charge in [-0.15, -0.1) is 11.8 Å². The van der Waals surface area contributed by atoms with E-state index < -0.39 is 0 Å². The molecule has 0 aromatic rings. The predicted molar refractivity (Wildman–Crippen MR) is 46.7 cm³/mol. The van der Waals surface area contributed by atoms with Crippen molar-refractivity contribution in [3.05, 3.63) is 0 Å². The molecule has 4 heteroatoms. The number of methoxy groups -OCH3 is 2. The molecule has 0 aromatic carbocycles. The fourth-order valence-electron chi connectivity index (χ4n) is 0.733. The zero-order valence-corrected chi connectivity index (χ0v) is 8.31. The van der Waals surface area contributed by atoms with E-state index in [1.54, 1.807) is 26.0 Å². The summed E-state index contributed by atoms with van der Waals surface area (Å²) in [5.74, 6) is 0.671. The van der Waals surface area contributed by atoms with Crippen LogP contribution in [-0.4, -0.2) is 38.8 Å². The third kappa shape index (κ3) is 4.63. The second kappa shape index (κ2) is 6.91. The molecule has 0 heterocycles. The highest BCUT2D eigenvalue weighted by Gasteiger charge is 2.15. The Morgan fingerprint density at radius 3 is 2.18 bits per heavy atom. The monoisotopic (exact) mass is 180 g/mol. The fraction of sp³-hybridized carbons (Fsp3) is 1.00. The van der Waals surface area contributed by atoms with Crippen LogP contribution in [0.5, 0.6) is 0 Å². The minimum atomic E-state index is -0.262. The molecule has 0 radical (unpaired) electrons. The van der Waals surface area contributed by atoms with Crippen LogP contribution in [0.15, 0.2) is 0 Å². The van der Waals surface area contributed by atoms with Crippen molar-refractivity contribution in [2.45, 2.75) is 19.3 Å². The number of rotatable bonds is 6. The van der Waals surface area contributed by atoms with Crippen LogP contribution in [0.3, 0.4) is 0 Å². The molecule has 0 aliphatic rings. The highest BCUT2D eigenvalue weighted by molar-refractivity contribution is 7.98. The van der Waals surface area contributed by atoms with E-state index in [0.29, 0.717) is 5.94 Å². The molecule has 0 saturated carbocycles. The summed E-state index contributed by atoms with van der Waals surface area (Å²) in [4.78, 5) is 0. The van der Waals surface area contributed by atoms with Crippen molar-refractivity contribution in [2.24, 2.45) is 0 Å². The van der Waals surface area contributed by atoms with Crippen molar-refractivity contribution >= 4 is 11.8 Å². The molecular formula is C7H16O3S. The summed E-state index contributed by atoms with van der Waals surface area (Å²) in [7, 11) is 3.21. The summed E-state index contributed by atoms with van der Waals surface area (Å²) in [6, 6.07) is 0. The van der Waals surface area contributed by atoms with Crippen molar-refractivity contribution in [2.75, 3.05) is 26.4 Å². The number of ether oxygens (including phenoxy) is 3. The average molecular weight is 180 g/mol. The van der Waals surface area contributed by atoms with Crippen molar-refractivity contribution in [3.8, 4) is 0 Å². The molecule has 0 aliphatic heterocycles. The maximum atomic E-state index is 5.35. The van der Waals surface area contributed by atoms with Gasteiger partial charge in [0, 0.05) is 14.2 Å². The van der Waals surface area contributed by atoms with Gasteiger partial charge in [-0.3, -0.25) is 0 Å². The molecule has 0 N–H and O–H groups in total. The van der Waals surface area contributed by atoms with Gasteiger partial charge in [-0.2, -0.15) is 0 Å². The van der Waals surface area contributed by atoms with Gasteiger partial charge in [-0.25, -0.2) is 0 Å². The van der Waals surface area contributed by atoms with Gasteiger partial charge < -0.3 is 14.2 Å². The van der Waals surface area contributed by atoms with Crippen LogP contribution < -0.4 is 0 Å². The van der Waals surface area contributed by atoms with E-state index in [4.69, 9.17) is 14.2 Å². The summed E-state index contributed by atoms with van der Waals surface area (Å²) in [6.07, 6.45) is 1.71. The molecule has 0 aromatic heterocycles. The molecule has 0 bridgehead atoms. The molecule has 11 heavy (non-hydrogen) atoms. The first kappa shape index (κ1) is 11.2. The van der Waals surface area contributed by atoms with E-state index in [-0.39, 0.29) is 12.4 Å². The molecule has 1 atom stereocenters. The lowest BCUT2D eigenvalue weighted by atomic mass is 10.4. The van der Waals surface area contributed by atoms with Gasteiger partial charge in [0.05, 0.1) is 5.94 Å². The molecule has 0 saturated heterocycles. The zero-order chi connectivity index (χ0) is 8.69. The van der Waals surface area contributed by atoms with Gasteiger partial charge in [0.2, 0.25) is 0 Å². The molecule has 0 spiro atoms. The Morgan fingerprint density at radius 1 is 1.27 bits per heavy atom. The van der Waals surface area contributed by atoms with Gasteiger partial charge in [0.25, 0.3) is 0 Å². The minimum Gasteiger partial charge on any atom is -0.363 e. The summed E-state index contributed by atoms with van der Waals surface area (Å²) >= 11 is 1.64. The van der Waals surface area contributed by atoms with Crippen molar-refractivity contribution in [1.29, 1.82) is 0 Å². The fourth-order valence-corrected chi connectivity index (χ4v) is 1.08. The SMILES string of the molecule is COC(OC)[C@@H](C)OCSC. The Kier molecular flexibility index (Phi) is 7.06. The van der Waals surface area contributed by atoms with Crippen LogP contribution in [0.4, 0.5) is 0 Å². The zero-order valence-electron chi connectivity index (χ0n) is 7.49. The maximum absolute atomic E-state index is 5.35. The second-order valence-electron chi connectivity index (χ2n) is 2.12. The van der Waals surface area contributed by atoms with Crippen LogP contribution in [0.25, 0.3) is 0 Å². The van der Waals surface area contributed by atoms with Crippen LogP contribution in [-0.2, 0) is 14.2 Å². The first-order chi connectivity index (χ1) is 5.26. The maximum Gasteiger partial charge on any atom is 0.182 e. The summed E-state index contributed by atoms with van der Waals surface area (Å²) in [6.45, 7) is 1.92. The minimum absolute atomic E-state index is 0.0163. The molecule has 3 nitrogen and oxygen atoms in total. The van der Waals surface area contributed by atoms with Gasteiger partial charge in [0.15, 0.2) is 6.29 Å². The van der Waals surface area contributed by atoms with E-state index in [2.05, 4.69) is 0 Å². The topological polar surface area (TPSA) is 27.7 Å². The Morgan fingerprint density at radius 2 is 1.82 bits per heavy atom. The second-order valence-corrected chi connectivity index (χ2v) is 2.93. The Hall–Kier alpha value is 0.230. The quantitative estimate of drug-likeness (QED) is 0.576. The molecule has 0 amide bonds. The van der Waals surface area contributed by atoms with Gasteiger partial charge >= 0.3 is 0 Å². The third-order valence-electron chi connectivity index (χ3n) is 1.30. The third-order valence-corrected chi connectivity index (χ3v) is 1.67. The highest BCUT2D eigenvalue weighted by Crippen LogP contribution is 2.05. The van der Waals surface area contributed by atoms with Gasteiger partial charge in [-0.05, 0) is 13.2 Å². The van der Waals surface area contributed by atoms with Crippen molar-refractivity contribution in [3.63, 3.8) is 0 Å². The lowest BCUT2D eigenvalue weighted by Gasteiger charge is -2.20. The lowest BCUT2D eigenvalue weighted by molar-refractivity contribution is -0.169. The van der Waals surface area contributed by atoms with Crippen molar-refractivity contribution in [1.82, 2.24) is 0 Å². The number of thioether (sulfide) groups is 1. The van der Waals surface area contributed by atoms with Crippen LogP contribution >= 0.6 is 11.8 Å². The molecule has 0 unspecified atom stereocenters. The normalized spacial score (nSPS) is 13.9. The molecule has 0 fully saturated rings. The van der Waals surface area contributed by atoms with E-state index in [9.17, 15) is 0 Å². The summed E-state index contributed by atoms with van der Waals surface area (Å²) in [5.41, 5.74) is 0. The van der Waals surface area contributed by atoms with Crippen LogP contribution in [0.2, 0.25) is 0 Å². The average Bonchev–Trinajstić information content (AvgIpc) is 2.03. The standard InChI is InChI=1S/C7H16O3S/c1-6(10-5-11-4)7(8-2)9-3/h6-7H,5H2,1-4H3/t6-/m1/s1. The first-order valence-corrected chi connectivity index (χ1v) is 4.81. The molecule has 68 valence electrons. The lowest BCUT2D eigenvalue weighted by Crippen LogP contribution is -2.29. The van der Waals surface area contributed by atoms with E-state index in [1.165, 1.54) is 0 Å². The first-order valence-electron chi connectivity index (χ1n) is 3.42. The Labute approximate surface area is 72.4 Å². The van der Waals surface area contributed by atoms with Gasteiger partial charge in [-0.1, -0.05) is 0 Å². The molecule has 0 rings (SSSR count). The van der Waals surface area contributed by atoms with E-state index in [1.807, 2.05) is 13.2 Å². The molecule has 0 aliphatic carbocycles. The predicted octanol–water partition coefficient (Wildman–Crippen LogP) is 1.33. The summed E-state index contributed by atoms with van der Waals surface area (Å²) in [5, 5.41) is 0. The van der Waals surface area contributed by atoms with E-state index >= 15 is 0 Å². The highest BCUT2D eigenvalue weighted by atomic mass is 32.2. The Balaban J connectivity index is 3.51. The van der Waals surface area contributed by atoms with Crippen molar-refractivity contribution < 1.29 is 14.2 Å². The van der Waals surface area contributed by atoms with Crippen LogP contribution in [0.1, 0.15) is 6.92 Å². The smallest absolute Gasteiger partial charge is 0.182 e. The van der Waals surface area contributed by atoms with Crippen LogP contribution in [0, 0.1) is 0 Å². The Bertz CT molecular complexity index is 85.8. The summed E-state index contributed by atoms with van der Waals surface area (Å²) < 4.78 is 15.4. The van der Waals surface area contributed by atoms with Gasteiger partial charge in [0.1, 0.15) is 6.10 Å².